The van der Waals surface area contributed by atoms with Gasteiger partial charge in [-0.1, -0.05) is 18.3 Å². The van der Waals surface area contributed by atoms with Crippen LogP contribution in [0.5, 0.6) is 5.75 Å². The Morgan fingerprint density at radius 1 is 1.33 bits per heavy atom. The summed E-state index contributed by atoms with van der Waals surface area (Å²) < 4.78 is 6.52. The molecule has 0 aliphatic rings. The number of halogens is 1. The van der Waals surface area contributed by atoms with Gasteiger partial charge in [-0.2, -0.15) is 0 Å². The first-order valence-electron chi connectivity index (χ1n) is 6.37. The van der Waals surface area contributed by atoms with E-state index in [9.17, 15) is 0 Å². The van der Waals surface area contributed by atoms with Crippen LogP contribution in [-0.4, -0.2) is 24.0 Å². The number of methoxy groups -OCH3 is 1. The van der Waals surface area contributed by atoms with Crippen LogP contribution in [0.2, 0.25) is 0 Å². The molecule has 2 rings (SSSR count). The third kappa shape index (κ3) is 4.51. The van der Waals surface area contributed by atoms with Crippen LogP contribution in [0.4, 0.5) is 0 Å². The summed E-state index contributed by atoms with van der Waals surface area (Å²) in [6.45, 7) is 1.74. The van der Waals surface area contributed by atoms with Gasteiger partial charge in [0.2, 0.25) is 0 Å². The number of nitrogens with zero attached hydrogens (tertiary/aromatic N) is 1. The molecule has 3 nitrogen and oxygen atoms in total. The highest BCUT2D eigenvalue weighted by Gasteiger charge is 2.09. The van der Waals surface area contributed by atoms with Gasteiger partial charge in [-0.25, -0.2) is 0 Å². The number of hydrogen-bond acceptors (Lipinski definition) is 4. The molecule has 2 N–H and O–H groups in total. The molecule has 112 valence electrons. The molecule has 0 fully saturated rings. The van der Waals surface area contributed by atoms with E-state index < -0.39 is 0 Å². The number of thiophene rings is 1. The zero-order valence-electron chi connectivity index (χ0n) is 11.9. The first-order chi connectivity index (χ1) is 9.99. The maximum atomic E-state index is 5.68. The normalized spacial score (nSPS) is 10.9. The molecule has 1 aromatic carbocycles. The van der Waals surface area contributed by atoms with Gasteiger partial charge in [-0.15, -0.1) is 11.3 Å². The van der Waals surface area contributed by atoms with Gasteiger partial charge in [-0.05, 0) is 57.7 Å². The van der Waals surface area contributed by atoms with Crippen LogP contribution in [0.25, 0.3) is 0 Å². The second kappa shape index (κ2) is 7.35. The van der Waals surface area contributed by atoms with Crippen molar-refractivity contribution in [3.05, 3.63) is 50.1 Å². The molecular formula is C15H17BrN2OS2. The fourth-order valence-corrected chi connectivity index (χ4v) is 3.51. The Labute approximate surface area is 142 Å². The lowest BCUT2D eigenvalue weighted by atomic mass is 10.1. The Morgan fingerprint density at radius 3 is 2.62 bits per heavy atom. The van der Waals surface area contributed by atoms with Gasteiger partial charge in [0, 0.05) is 13.1 Å². The fourth-order valence-electron chi connectivity index (χ4n) is 2.15. The third-order valence-corrected chi connectivity index (χ3v) is 4.83. The molecule has 21 heavy (non-hydrogen) atoms. The van der Waals surface area contributed by atoms with E-state index in [1.807, 2.05) is 18.2 Å². The highest BCUT2D eigenvalue weighted by Crippen LogP contribution is 2.23. The molecule has 0 unspecified atom stereocenters. The van der Waals surface area contributed by atoms with Gasteiger partial charge in [0.1, 0.15) is 10.7 Å². The van der Waals surface area contributed by atoms with Crippen LogP contribution in [0.1, 0.15) is 16.7 Å². The van der Waals surface area contributed by atoms with E-state index in [0.717, 1.165) is 28.2 Å². The standard InChI is InChI=1S/C15H17BrN2OS2/c1-18(8-11-6-14(16)21-9-11)7-10-3-4-12(15(17)20)13(5-10)19-2/h3-6,9H,7-8H2,1-2H3,(H2,17,20). The fraction of sp³-hybridized carbons (Fsp3) is 0.267. The summed E-state index contributed by atoms with van der Waals surface area (Å²) in [5, 5.41) is 2.16. The van der Waals surface area contributed by atoms with Crippen LogP contribution in [0.15, 0.2) is 33.4 Å². The van der Waals surface area contributed by atoms with Gasteiger partial charge >= 0.3 is 0 Å². The molecule has 1 heterocycles. The van der Waals surface area contributed by atoms with Crippen molar-refractivity contribution in [1.29, 1.82) is 0 Å². The number of ether oxygens (including phenoxy) is 1. The van der Waals surface area contributed by atoms with E-state index in [4.69, 9.17) is 22.7 Å². The molecule has 0 atom stereocenters. The van der Waals surface area contributed by atoms with E-state index in [0.29, 0.717) is 4.99 Å². The Bertz CT molecular complexity index is 642. The highest BCUT2D eigenvalue weighted by molar-refractivity contribution is 9.11. The molecule has 1 aromatic heterocycles. The van der Waals surface area contributed by atoms with Crippen LogP contribution < -0.4 is 10.5 Å². The monoisotopic (exact) mass is 384 g/mol. The molecule has 0 spiro atoms. The maximum absolute atomic E-state index is 5.68. The van der Waals surface area contributed by atoms with Crippen molar-refractivity contribution in [1.82, 2.24) is 4.90 Å². The van der Waals surface area contributed by atoms with Crippen molar-refractivity contribution in [2.45, 2.75) is 13.1 Å². The molecular weight excluding hydrogens is 368 g/mol. The van der Waals surface area contributed by atoms with Crippen molar-refractivity contribution in [3.8, 4) is 5.75 Å². The zero-order chi connectivity index (χ0) is 15.4. The summed E-state index contributed by atoms with van der Waals surface area (Å²) in [7, 11) is 3.73. The minimum Gasteiger partial charge on any atom is -0.496 e. The van der Waals surface area contributed by atoms with E-state index in [1.165, 1.54) is 11.1 Å². The smallest absolute Gasteiger partial charge is 0.129 e. The summed E-state index contributed by atoms with van der Waals surface area (Å²) in [6.07, 6.45) is 0. The van der Waals surface area contributed by atoms with E-state index in [1.54, 1.807) is 18.4 Å². The summed E-state index contributed by atoms with van der Waals surface area (Å²) >= 11 is 10.2. The molecule has 0 amide bonds. The van der Waals surface area contributed by atoms with Gasteiger partial charge in [0.05, 0.1) is 16.5 Å². The molecule has 2 aromatic rings. The lowest BCUT2D eigenvalue weighted by Crippen LogP contribution is -2.17. The molecule has 0 saturated heterocycles. The SMILES string of the molecule is COc1cc(CN(C)Cc2csc(Br)c2)ccc1C(N)=S. The Balaban J connectivity index is 2.06. The average molecular weight is 385 g/mol. The van der Waals surface area contributed by atoms with Crippen LogP contribution in [0.3, 0.4) is 0 Å². The Kier molecular flexibility index (Phi) is 5.75. The van der Waals surface area contributed by atoms with Crippen LogP contribution in [0, 0.1) is 0 Å². The number of rotatable bonds is 6. The summed E-state index contributed by atoms with van der Waals surface area (Å²) in [4.78, 5) is 2.61. The highest BCUT2D eigenvalue weighted by atomic mass is 79.9. The van der Waals surface area contributed by atoms with Crippen molar-refractivity contribution >= 4 is 44.5 Å². The maximum Gasteiger partial charge on any atom is 0.129 e. The lowest BCUT2D eigenvalue weighted by Gasteiger charge is -2.17. The third-order valence-electron chi connectivity index (χ3n) is 3.06. The quantitative estimate of drug-likeness (QED) is 0.768. The number of benzene rings is 1. The predicted molar refractivity (Wildman–Crippen MR) is 96.1 cm³/mol. The molecule has 0 radical (unpaired) electrons. The van der Waals surface area contributed by atoms with Crippen LogP contribution >= 0.6 is 39.5 Å². The van der Waals surface area contributed by atoms with Crippen molar-refractivity contribution in [3.63, 3.8) is 0 Å². The van der Waals surface area contributed by atoms with Crippen LogP contribution in [-0.2, 0) is 13.1 Å². The summed E-state index contributed by atoms with van der Waals surface area (Å²) in [5.74, 6) is 0.728. The van der Waals surface area contributed by atoms with Crippen molar-refractivity contribution in [2.75, 3.05) is 14.2 Å². The van der Waals surface area contributed by atoms with Crippen molar-refractivity contribution < 1.29 is 4.74 Å². The minimum absolute atomic E-state index is 0.356. The predicted octanol–water partition coefficient (Wildman–Crippen LogP) is 3.79. The first-order valence-corrected chi connectivity index (χ1v) is 8.46. The largest absolute Gasteiger partial charge is 0.496 e. The van der Waals surface area contributed by atoms with E-state index >= 15 is 0 Å². The second-order valence-electron chi connectivity index (χ2n) is 4.83. The number of hydrogen-bond donors (Lipinski definition) is 1. The number of nitrogens with two attached hydrogens (primary N) is 1. The molecule has 0 aliphatic carbocycles. The number of thiocarbonyl (C=S) groups is 1. The second-order valence-corrected chi connectivity index (χ2v) is 7.56. The van der Waals surface area contributed by atoms with Gasteiger partial charge in [-0.3, -0.25) is 4.90 Å². The minimum atomic E-state index is 0.356. The van der Waals surface area contributed by atoms with E-state index in [2.05, 4.69) is 39.3 Å². The summed E-state index contributed by atoms with van der Waals surface area (Å²) in [5.41, 5.74) is 8.94. The Morgan fingerprint density at radius 2 is 2.05 bits per heavy atom. The Hall–Kier alpha value is -0.950. The zero-order valence-corrected chi connectivity index (χ0v) is 15.1. The van der Waals surface area contributed by atoms with Gasteiger partial charge in [0.25, 0.3) is 0 Å². The molecule has 0 saturated carbocycles. The topological polar surface area (TPSA) is 38.5 Å². The van der Waals surface area contributed by atoms with Crippen molar-refractivity contribution in [2.24, 2.45) is 5.73 Å². The van der Waals surface area contributed by atoms with E-state index in [-0.39, 0.29) is 0 Å². The molecule has 0 bridgehead atoms. The van der Waals surface area contributed by atoms with Gasteiger partial charge in [0.15, 0.2) is 0 Å². The first kappa shape index (κ1) is 16.4. The average Bonchev–Trinajstić information content (AvgIpc) is 2.83. The lowest BCUT2D eigenvalue weighted by molar-refractivity contribution is 0.318. The molecule has 0 aliphatic heterocycles. The molecule has 6 heteroatoms. The summed E-state index contributed by atoms with van der Waals surface area (Å²) in [6, 6.07) is 8.11. The van der Waals surface area contributed by atoms with Gasteiger partial charge < -0.3 is 10.5 Å².